The van der Waals surface area contributed by atoms with E-state index < -0.39 is 29.5 Å². The molecule has 3 aromatic carbocycles. The zero-order valence-corrected chi connectivity index (χ0v) is 19.1. The normalized spacial score (nSPS) is 12.1. The van der Waals surface area contributed by atoms with Gasteiger partial charge in [-0.25, -0.2) is 8.78 Å². The Balaban J connectivity index is 1.60. The molecule has 0 radical (unpaired) electrons. The molecule has 0 atom stereocenters. The van der Waals surface area contributed by atoms with Crippen molar-refractivity contribution < 1.29 is 35.5 Å². The van der Waals surface area contributed by atoms with Gasteiger partial charge in [0.05, 0.1) is 5.56 Å². The van der Waals surface area contributed by atoms with Crippen LogP contribution in [0.5, 0.6) is 5.75 Å². The van der Waals surface area contributed by atoms with E-state index in [2.05, 4.69) is 6.92 Å². The van der Waals surface area contributed by atoms with Crippen LogP contribution in [0.1, 0.15) is 54.0 Å². The van der Waals surface area contributed by atoms with E-state index in [0.717, 1.165) is 31.2 Å². The second-order valence-electron chi connectivity index (χ2n) is 8.35. The number of alkyl halides is 5. The lowest BCUT2D eigenvalue weighted by molar-refractivity contribution is -0.185. The van der Waals surface area contributed by atoms with Crippen LogP contribution in [0.2, 0.25) is 0 Å². The van der Waals surface area contributed by atoms with Crippen LogP contribution in [0.4, 0.5) is 30.7 Å². The van der Waals surface area contributed by atoms with E-state index in [1.807, 2.05) is 0 Å². The number of ether oxygens (including phenoxy) is 1. The molecule has 0 saturated carbocycles. The van der Waals surface area contributed by atoms with E-state index in [0.29, 0.717) is 17.7 Å². The molecule has 35 heavy (non-hydrogen) atoms. The number of aryl methyl sites for hydroxylation is 3. The lowest BCUT2D eigenvalue weighted by atomic mass is 10.0. The number of hydrogen-bond acceptors (Lipinski definition) is 1. The third-order valence-corrected chi connectivity index (χ3v) is 5.62. The van der Waals surface area contributed by atoms with Gasteiger partial charge in [-0.05, 0) is 78.8 Å². The molecule has 0 aliphatic heterocycles. The number of hydrogen-bond donors (Lipinski definition) is 0. The van der Waals surface area contributed by atoms with Gasteiger partial charge < -0.3 is 4.74 Å². The molecule has 0 fully saturated rings. The van der Waals surface area contributed by atoms with Gasteiger partial charge in [0.15, 0.2) is 0 Å². The van der Waals surface area contributed by atoms with E-state index in [4.69, 9.17) is 4.74 Å². The summed E-state index contributed by atoms with van der Waals surface area (Å²) >= 11 is 0. The standard InChI is InChI=1S/C27H25F7O/c1-2-3-4-5-18-8-12-21(13-9-18)27(33,34)35-22-14-10-19(11-15-22)6-7-20-16-23(28)25(24(29)17-20)26(30,31)32/h8-17H,2-7H2,1H3. The summed E-state index contributed by atoms with van der Waals surface area (Å²) in [6, 6.07) is 13.0. The molecular weight excluding hydrogens is 473 g/mol. The van der Waals surface area contributed by atoms with Crippen LogP contribution in [-0.2, 0) is 31.5 Å². The van der Waals surface area contributed by atoms with Gasteiger partial charge in [0.2, 0.25) is 0 Å². The lowest BCUT2D eigenvalue weighted by Gasteiger charge is -2.19. The minimum Gasteiger partial charge on any atom is -0.429 e. The molecule has 0 saturated heterocycles. The van der Waals surface area contributed by atoms with Crippen molar-refractivity contribution in [2.75, 3.05) is 0 Å². The second kappa shape index (κ2) is 11.1. The first-order valence-electron chi connectivity index (χ1n) is 11.3. The minimum absolute atomic E-state index is 0.0537. The van der Waals surface area contributed by atoms with Crippen LogP contribution in [0.25, 0.3) is 0 Å². The first kappa shape index (κ1) is 26.6. The average Bonchev–Trinajstić information content (AvgIpc) is 2.77. The molecule has 0 bridgehead atoms. The Kier molecular flexibility index (Phi) is 8.46. The summed E-state index contributed by atoms with van der Waals surface area (Å²) in [5.74, 6) is -3.42. The Hall–Kier alpha value is -3.03. The van der Waals surface area contributed by atoms with Crippen LogP contribution < -0.4 is 4.74 Å². The lowest BCUT2D eigenvalue weighted by Crippen LogP contribution is -2.21. The quantitative estimate of drug-likeness (QED) is 0.201. The predicted molar refractivity (Wildman–Crippen MR) is 119 cm³/mol. The summed E-state index contributed by atoms with van der Waals surface area (Å²) in [7, 11) is 0. The van der Waals surface area contributed by atoms with Gasteiger partial charge in [-0.3, -0.25) is 0 Å². The molecule has 0 aromatic heterocycles. The van der Waals surface area contributed by atoms with Crippen molar-refractivity contribution in [3.8, 4) is 5.75 Å². The van der Waals surface area contributed by atoms with Gasteiger partial charge in [-0.2, -0.15) is 22.0 Å². The van der Waals surface area contributed by atoms with Crippen molar-refractivity contribution >= 4 is 0 Å². The Morgan fingerprint density at radius 1 is 0.657 bits per heavy atom. The molecule has 0 amide bonds. The first-order chi connectivity index (χ1) is 16.5. The van der Waals surface area contributed by atoms with E-state index >= 15 is 0 Å². The third-order valence-electron chi connectivity index (χ3n) is 5.62. The SMILES string of the molecule is CCCCCc1ccc(C(F)(F)Oc2ccc(CCc3cc(F)c(C(F)(F)F)c(F)c3)cc2)cc1. The third kappa shape index (κ3) is 7.23. The van der Waals surface area contributed by atoms with Crippen molar-refractivity contribution in [1.82, 2.24) is 0 Å². The number of unbranched alkanes of at least 4 members (excludes halogenated alkanes) is 2. The Labute approximate surface area is 199 Å². The Morgan fingerprint density at radius 3 is 1.71 bits per heavy atom. The highest BCUT2D eigenvalue weighted by molar-refractivity contribution is 5.32. The summed E-state index contributed by atoms with van der Waals surface area (Å²) in [4.78, 5) is 0. The van der Waals surface area contributed by atoms with Crippen LogP contribution in [0, 0.1) is 11.6 Å². The zero-order chi connectivity index (χ0) is 25.6. The fourth-order valence-electron chi connectivity index (χ4n) is 3.71. The molecule has 0 unspecified atom stereocenters. The Bertz CT molecular complexity index is 1080. The topological polar surface area (TPSA) is 9.23 Å². The highest BCUT2D eigenvalue weighted by atomic mass is 19.4. The van der Waals surface area contributed by atoms with Crippen molar-refractivity contribution in [3.63, 3.8) is 0 Å². The van der Waals surface area contributed by atoms with E-state index in [9.17, 15) is 30.7 Å². The van der Waals surface area contributed by atoms with Crippen LogP contribution in [-0.4, -0.2) is 0 Å². The molecule has 3 aromatic rings. The zero-order valence-electron chi connectivity index (χ0n) is 19.1. The van der Waals surface area contributed by atoms with E-state index in [1.54, 1.807) is 12.1 Å². The van der Waals surface area contributed by atoms with Gasteiger partial charge >= 0.3 is 12.3 Å². The largest absolute Gasteiger partial charge is 0.429 e. The first-order valence-corrected chi connectivity index (χ1v) is 11.3. The maximum atomic E-state index is 14.6. The van der Waals surface area contributed by atoms with Crippen molar-refractivity contribution in [3.05, 3.63) is 100 Å². The molecule has 0 aliphatic rings. The summed E-state index contributed by atoms with van der Waals surface area (Å²) in [5, 5.41) is 0. The average molecular weight is 498 g/mol. The van der Waals surface area contributed by atoms with Crippen LogP contribution >= 0.6 is 0 Å². The van der Waals surface area contributed by atoms with Gasteiger partial charge in [-0.15, -0.1) is 0 Å². The van der Waals surface area contributed by atoms with Gasteiger partial charge in [0.25, 0.3) is 0 Å². The van der Waals surface area contributed by atoms with Gasteiger partial charge in [0, 0.05) is 0 Å². The molecule has 0 heterocycles. The number of benzene rings is 3. The minimum atomic E-state index is -5.12. The molecule has 0 aliphatic carbocycles. The number of halogens is 7. The van der Waals surface area contributed by atoms with Crippen LogP contribution in [0.15, 0.2) is 60.7 Å². The molecule has 8 heteroatoms. The highest BCUT2D eigenvalue weighted by Gasteiger charge is 2.38. The van der Waals surface area contributed by atoms with Gasteiger partial charge in [-0.1, -0.05) is 44.0 Å². The summed E-state index contributed by atoms with van der Waals surface area (Å²) < 4.78 is 99.5. The summed E-state index contributed by atoms with van der Waals surface area (Å²) in [6.45, 7) is 2.09. The van der Waals surface area contributed by atoms with Crippen molar-refractivity contribution in [2.24, 2.45) is 0 Å². The molecule has 3 rings (SSSR count). The molecule has 0 spiro atoms. The summed E-state index contributed by atoms with van der Waals surface area (Å²) in [5.41, 5.74) is -0.520. The smallest absolute Gasteiger partial charge is 0.426 e. The molecule has 1 nitrogen and oxygen atoms in total. The van der Waals surface area contributed by atoms with E-state index in [1.165, 1.54) is 36.4 Å². The fourth-order valence-corrected chi connectivity index (χ4v) is 3.71. The molecule has 188 valence electrons. The second-order valence-corrected chi connectivity index (χ2v) is 8.35. The molecule has 0 N–H and O–H groups in total. The number of rotatable bonds is 10. The Morgan fingerprint density at radius 2 is 1.17 bits per heavy atom. The van der Waals surface area contributed by atoms with Crippen molar-refractivity contribution in [1.29, 1.82) is 0 Å². The highest BCUT2D eigenvalue weighted by Crippen LogP contribution is 2.34. The predicted octanol–water partition coefficient (Wildman–Crippen LogP) is 8.63. The van der Waals surface area contributed by atoms with Crippen molar-refractivity contribution in [2.45, 2.75) is 57.7 Å². The maximum Gasteiger partial charge on any atom is 0.426 e. The van der Waals surface area contributed by atoms with E-state index in [-0.39, 0.29) is 29.7 Å². The van der Waals surface area contributed by atoms with Crippen LogP contribution in [0.3, 0.4) is 0 Å². The fraction of sp³-hybridized carbons (Fsp3) is 0.333. The molecular formula is C27H25F7O. The monoisotopic (exact) mass is 498 g/mol. The summed E-state index contributed by atoms with van der Waals surface area (Å²) in [6.07, 6.45) is -4.39. The maximum absolute atomic E-state index is 14.6. The van der Waals surface area contributed by atoms with Gasteiger partial charge in [0.1, 0.15) is 22.9 Å².